The van der Waals surface area contributed by atoms with E-state index in [1.165, 1.54) is 7.11 Å². The number of methoxy groups -OCH3 is 2. The SMILES string of the molecule is COc1ccc(NC(=O)c2cccnc2N2CCN3CCNC(=O)C3C2)c(OC)c1.O=CO. The molecule has 1 atom stereocenters. The number of pyridine rings is 1. The fraction of sp³-hybridized carbons (Fsp3) is 0.364. The Morgan fingerprint density at radius 3 is 2.76 bits per heavy atom. The molecule has 0 radical (unpaired) electrons. The highest BCUT2D eigenvalue weighted by atomic mass is 16.5. The summed E-state index contributed by atoms with van der Waals surface area (Å²) < 4.78 is 10.6. The number of hydrogen-bond acceptors (Lipinski definition) is 8. The number of nitrogens with one attached hydrogen (secondary N) is 2. The van der Waals surface area contributed by atoms with Crippen molar-refractivity contribution in [3.63, 3.8) is 0 Å². The van der Waals surface area contributed by atoms with E-state index in [-0.39, 0.29) is 24.3 Å². The molecule has 4 rings (SSSR count). The second-order valence-electron chi connectivity index (χ2n) is 7.29. The van der Waals surface area contributed by atoms with Crippen LogP contribution >= 0.6 is 0 Å². The number of hydrogen-bond donors (Lipinski definition) is 3. The van der Waals surface area contributed by atoms with Crippen LogP contribution in [0.1, 0.15) is 10.4 Å². The summed E-state index contributed by atoms with van der Waals surface area (Å²) in [6.45, 7) is 3.22. The van der Waals surface area contributed by atoms with E-state index in [0.29, 0.717) is 48.2 Å². The Labute approximate surface area is 191 Å². The van der Waals surface area contributed by atoms with Gasteiger partial charge >= 0.3 is 0 Å². The topological polar surface area (TPSA) is 133 Å². The first-order valence-corrected chi connectivity index (χ1v) is 10.3. The lowest BCUT2D eigenvalue weighted by Crippen LogP contribution is -2.64. The van der Waals surface area contributed by atoms with E-state index in [1.807, 2.05) is 4.90 Å². The first kappa shape index (κ1) is 23.8. The van der Waals surface area contributed by atoms with Gasteiger partial charge in [-0.25, -0.2) is 4.98 Å². The number of carbonyl (C=O) groups excluding carboxylic acids is 2. The lowest BCUT2D eigenvalue weighted by Gasteiger charge is -2.43. The Hall–Kier alpha value is -3.86. The van der Waals surface area contributed by atoms with Gasteiger partial charge in [-0.1, -0.05) is 0 Å². The van der Waals surface area contributed by atoms with Gasteiger partial charge in [0.1, 0.15) is 23.4 Å². The van der Waals surface area contributed by atoms with Crippen LogP contribution in [0.4, 0.5) is 11.5 Å². The van der Waals surface area contributed by atoms with Crippen molar-refractivity contribution < 1.29 is 29.0 Å². The van der Waals surface area contributed by atoms with E-state index in [4.69, 9.17) is 19.4 Å². The van der Waals surface area contributed by atoms with Crippen molar-refractivity contribution in [1.82, 2.24) is 15.2 Å². The maximum absolute atomic E-state index is 13.1. The summed E-state index contributed by atoms with van der Waals surface area (Å²) in [4.78, 5) is 42.4. The van der Waals surface area contributed by atoms with Gasteiger partial charge in [-0.3, -0.25) is 19.3 Å². The predicted octanol–water partition coefficient (Wildman–Crippen LogP) is 0.672. The third kappa shape index (κ3) is 5.50. The van der Waals surface area contributed by atoms with Gasteiger partial charge in [-0.05, 0) is 24.3 Å². The van der Waals surface area contributed by atoms with Crippen LogP contribution in [0.3, 0.4) is 0 Å². The minimum atomic E-state index is -0.294. The van der Waals surface area contributed by atoms with Gasteiger partial charge in [0.05, 0.1) is 25.5 Å². The number of anilines is 2. The second-order valence-corrected chi connectivity index (χ2v) is 7.29. The monoisotopic (exact) mass is 457 g/mol. The summed E-state index contributed by atoms with van der Waals surface area (Å²) in [5, 5.41) is 12.7. The van der Waals surface area contributed by atoms with Gasteiger partial charge < -0.3 is 30.1 Å². The van der Waals surface area contributed by atoms with Gasteiger partial charge in [0, 0.05) is 45.0 Å². The van der Waals surface area contributed by atoms with E-state index in [1.54, 1.807) is 43.6 Å². The number of ether oxygens (including phenoxy) is 2. The molecule has 11 heteroatoms. The zero-order valence-electron chi connectivity index (χ0n) is 18.5. The molecule has 2 aliphatic rings. The highest BCUT2D eigenvalue weighted by Gasteiger charge is 2.36. The first-order valence-electron chi connectivity index (χ1n) is 10.3. The molecule has 2 aromatic rings. The van der Waals surface area contributed by atoms with Gasteiger partial charge in [-0.2, -0.15) is 0 Å². The fourth-order valence-corrected chi connectivity index (χ4v) is 3.89. The molecule has 2 fully saturated rings. The predicted molar refractivity (Wildman–Crippen MR) is 121 cm³/mol. The molecule has 33 heavy (non-hydrogen) atoms. The van der Waals surface area contributed by atoms with Crippen LogP contribution in [0.5, 0.6) is 11.5 Å². The van der Waals surface area contributed by atoms with Gasteiger partial charge in [-0.15, -0.1) is 0 Å². The summed E-state index contributed by atoms with van der Waals surface area (Å²) in [5.74, 6) is 1.43. The number of carboxylic acid groups (broad SMARTS) is 1. The van der Waals surface area contributed by atoms with Gasteiger partial charge in [0.2, 0.25) is 5.91 Å². The van der Waals surface area contributed by atoms with Crippen LogP contribution in [-0.4, -0.2) is 86.3 Å². The van der Waals surface area contributed by atoms with Gasteiger partial charge in [0.15, 0.2) is 0 Å². The van der Waals surface area contributed by atoms with Crippen molar-refractivity contribution >= 4 is 29.8 Å². The second kappa shape index (κ2) is 11.1. The molecule has 1 aromatic carbocycles. The molecule has 3 heterocycles. The molecule has 2 aliphatic heterocycles. The van der Waals surface area contributed by atoms with E-state index >= 15 is 0 Å². The van der Waals surface area contributed by atoms with Crippen molar-refractivity contribution in [3.05, 3.63) is 42.1 Å². The third-order valence-electron chi connectivity index (χ3n) is 5.48. The number of amides is 2. The number of carbonyl (C=O) groups is 3. The lowest BCUT2D eigenvalue weighted by molar-refractivity contribution is -0.129. The van der Waals surface area contributed by atoms with Crippen LogP contribution in [0.2, 0.25) is 0 Å². The number of nitrogens with zero attached hydrogens (tertiary/aromatic N) is 3. The Balaban J connectivity index is 0.000000968. The van der Waals surface area contributed by atoms with Crippen LogP contribution in [0.25, 0.3) is 0 Å². The Bertz CT molecular complexity index is 1000. The Morgan fingerprint density at radius 1 is 1.24 bits per heavy atom. The maximum atomic E-state index is 13.1. The average molecular weight is 457 g/mol. The lowest BCUT2D eigenvalue weighted by atomic mass is 10.1. The number of rotatable bonds is 5. The standard InChI is InChI=1S/C21H25N5O4.CH2O2/c1-29-14-5-6-16(18(12-14)30-2)24-20(27)15-4-3-7-22-19(15)26-11-10-25-9-8-23-21(28)17(25)13-26;2-1-3/h3-7,12,17H,8-11,13H2,1-2H3,(H,23,28)(H,24,27);1H,(H,2,3). The Kier molecular flexibility index (Phi) is 8.03. The third-order valence-corrected chi connectivity index (χ3v) is 5.48. The molecule has 1 unspecified atom stereocenters. The van der Waals surface area contributed by atoms with Crippen molar-refractivity contribution in [2.75, 3.05) is 57.2 Å². The average Bonchev–Trinajstić information content (AvgIpc) is 2.85. The maximum Gasteiger partial charge on any atom is 0.290 e. The quantitative estimate of drug-likeness (QED) is 0.554. The molecule has 2 saturated heterocycles. The van der Waals surface area contributed by atoms with Crippen LogP contribution in [0.15, 0.2) is 36.5 Å². The largest absolute Gasteiger partial charge is 0.497 e. The highest BCUT2D eigenvalue weighted by Crippen LogP contribution is 2.30. The summed E-state index contributed by atoms with van der Waals surface area (Å²) in [7, 11) is 3.11. The molecule has 0 bridgehead atoms. The molecule has 3 N–H and O–H groups in total. The van der Waals surface area contributed by atoms with E-state index in [9.17, 15) is 9.59 Å². The number of aromatic nitrogens is 1. The molecule has 0 saturated carbocycles. The first-order chi connectivity index (χ1) is 16.0. The Morgan fingerprint density at radius 2 is 2.03 bits per heavy atom. The van der Waals surface area contributed by atoms with Crippen molar-refractivity contribution in [2.45, 2.75) is 6.04 Å². The van der Waals surface area contributed by atoms with Crippen molar-refractivity contribution in [3.8, 4) is 11.5 Å². The smallest absolute Gasteiger partial charge is 0.290 e. The minimum Gasteiger partial charge on any atom is -0.497 e. The fourth-order valence-electron chi connectivity index (χ4n) is 3.89. The molecule has 2 amide bonds. The number of piperazine rings is 2. The number of benzene rings is 1. The molecule has 11 nitrogen and oxygen atoms in total. The molecular weight excluding hydrogens is 430 g/mol. The van der Waals surface area contributed by atoms with E-state index in [0.717, 1.165) is 13.1 Å². The van der Waals surface area contributed by atoms with Crippen LogP contribution < -0.4 is 25.0 Å². The summed E-state index contributed by atoms with van der Waals surface area (Å²) in [6, 6.07) is 8.43. The number of fused-ring (bicyclic) bond motifs is 1. The molecule has 0 spiro atoms. The van der Waals surface area contributed by atoms with Crippen LogP contribution in [-0.2, 0) is 9.59 Å². The summed E-state index contributed by atoms with van der Waals surface area (Å²) >= 11 is 0. The van der Waals surface area contributed by atoms with Crippen molar-refractivity contribution in [1.29, 1.82) is 0 Å². The summed E-state index contributed by atoms with van der Waals surface area (Å²) in [6.07, 6.45) is 1.66. The van der Waals surface area contributed by atoms with E-state index < -0.39 is 0 Å². The molecule has 1 aromatic heterocycles. The minimum absolute atomic E-state index is 0.0239. The molecule has 176 valence electrons. The molecular formula is C22H27N5O6. The summed E-state index contributed by atoms with van der Waals surface area (Å²) in [5.41, 5.74) is 0.981. The van der Waals surface area contributed by atoms with Crippen LogP contribution in [0, 0.1) is 0 Å². The highest BCUT2D eigenvalue weighted by molar-refractivity contribution is 6.08. The van der Waals surface area contributed by atoms with Gasteiger partial charge in [0.25, 0.3) is 12.4 Å². The zero-order chi connectivity index (χ0) is 23.8. The zero-order valence-corrected chi connectivity index (χ0v) is 18.5. The molecule has 0 aliphatic carbocycles. The van der Waals surface area contributed by atoms with Crippen molar-refractivity contribution in [2.24, 2.45) is 0 Å². The normalized spacial score (nSPS) is 17.6. The van der Waals surface area contributed by atoms with E-state index in [2.05, 4.69) is 20.5 Å².